The molecule has 2 fully saturated rings. The fourth-order valence-electron chi connectivity index (χ4n) is 5.27. The second-order valence-corrected chi connectivity index (χ2v) is 11.4. The van der Waals surface area contributed by atoms with Gasteiger partial charge in [-0.3, -0.25) is 10.2 Å². The molecule has 9 heteroatoms. The minimum atomic E-state index is -0.533. The van der Waals surface area contributed by atoms with Crippen molar-refractivity contribution >= 4 is 23.3 Å². The van der Waals surface area contributed by atoms with Gasteiger partial charge in [-0.2, -0.15) is 0 Å². The minimum Gasteiger partial charge on any atom is -0.444 e. The third kappa shape index (κ3) is 6.75. The number of hydrogen-bond acceptors (Lipinski definition) is 6. The van der Waals surface area contributed by atoms with Gasteiger partial charge in [-0.25, -0.2) is 4.79 Å². The van der Waals surface area contributed by atoms with Crippen LogP contribution in [0.5, 0.6) is 0 Å². The first-order chi connectivity index (χ1) is 18.1. The van der Waals surface area contributed by atoms with Crippen molar-refractivity contribution in [1.82, 2.24) is 15.2 Å². The normalized spacial score (nSPS) is 19.5. The number of likely N-dealkylation sites (tertiary alicyclic amines) is 1. The maximum Gasteiger partial charge on any atom is 0.410 e. The Bertz CT molecular complexity index is 1170. The molecule has 2 aliphatic heterocycles. The molecule has 2 aliphatic rings. The van der Waals surface area contributed by atoms with Crippen LogP contribution in [0.3, 0.4) is 0 Å². The standard InChI is InChI=1S/C29H42N6O3/c1-5-29(14-18-35(19-15-29)27(37)38-28(2,3)4)34-23-13-17-32-26(36)24(23)25(30)33-21-11-9-20(10-12-21)22-8-6-7-16-31-22/h9-13,17,22,31H,5-8,14-16,18-19H2,1-4H3,(H2,30,33)(H2,32,34,36). The van der Waals surface area contributed by atoms with E-state index in [1.165, 1.54) is 18.4 Å². The molecule has 0 radical (unpaired) electrons. The molecule has 1 aromatic carbocycles. The lowest BCUT2D eigenvalue weighted by molar-refractivity contribution is 0.0176. The van der Waals surface area contributed by atoms with E-state index in [-0.39, 0.29) is 28.6 Å². The lowest BCUT2D eigenvalue weighted by Crippen LogP contribution is -2.51. The Labute approximate surface area is 225 Å². The van der Waals surface area contributed by atoms with Crippen LogP contribution in [0.1, 0.15) is 83.4 Å². The fraction of sp³-hybridized carbons (Fsp3) is 0.552. The quantitative estimate of drug-likeness (QED) is 0.262. The predicted molar refractivity (Wildman–Crippen MR) is 152 cm³/mol. The number of amides is 1. The number of rotatable bonds is 6. The van der Waals surface area contributed by atoms with E-state index in [4.69, 9.17) is 10.1 Å². The third-order valence-corrected chi connectivity index (χ3v) is 7.55. The molecule has 206 valence electrons. The maximum atomic E-state index is 12.9. The first kappa shape index (κ1) is 27.7. The van der Waals surface area contributed by atoms with Crippen molar-refractivity contribution in [3.63, 3.8) is 0 Å². The average molecular weight is 523 g/mol. The zero-order chi connectivity index (χ0) is 27.3. The molecule has 0 aliphatic carbocycles. The van der Waals surface area contributed by atoms with E-state index in [0.717, 1.165) is 25.1 Å². The van der Waals surface area contributed by atoms with Gasteiger partial charge in [-0.05, 0) is 83.2 Å². The summed E-state index contributed by atoms with van der Waals surface area (Å²) >= 11 is 0. The number of benzene rings is 1. The zero-order valence-electron chi connectivity index (χ0n) is 23.1. The molecule has 9 nitrogen and oxygen atoms in total. The summed E-state index contributed by atoms with van der Waals surface area (Å²) in [6, 6.07) is 10.3. The van der Waals surface area contributed by atoms with Crippen molar-refractivity contribution in [3.05, 3.63) is 58.0 Å². The Morgan fingerprint density at radius 2 is 1.87 bits per heavy atom. The van der Waals surface area contributed by atoms with E-state index >= 15 is 0 Å². The Hall–Kier alpha value is -3.33. The summed E-state index contributed by atoms with van der Waals surface area (Å²) in [7, 11) is 0. The Balaban J connectivity index is 1.45. The van der Waals surface area contributed by atoms with Crippen molar-refractivity contribution in [2.45, 2.75) is 83.4 Å². The topological polar surface area (TPSA) is 122 Å². The number of nitrogens with one attached hydrogen (secondary N) is 5. The summed E-state index contributed by atoms with van der Waals surface area (Å²) in [5.74, 6) is 0.0373. The van der Waals surface area contributed by atoms with Gasteiger partial charge < -0.3 is 30.6 Å². The largest absolute Gasteiger partial charge is 0.444 e. The summed E-state index contributed by atoms with van der Waals surface area (Å²) in [5, 5.41) is 19.0. The first-order valence-corrected chi connectivity index (χ1v) is 13.8. The second-order valence-electron chi connectivity index (χ2n) is 11.4. The van der Waals surface area contributed by atoms with Gasteiger partial charge in [-0.15, -0.1) is 0 Å². The van der Waals surface area contributed by atoms with Crippen molar-refractivity contribution in [2.75, 3.05) is 30.3 Å². The van der Waals surface area contributed by atoms with Gasteiger partial charge in [0.05, 0.1) is 5.69 Å². The third-order valence-electron chi connectivity index (χ3n) is 7.55. The van der Waals surface area contributed by atoms with Crippen LogP contribution in [0.25, 0.3) is 0 Å². The highest BCUT2D eigenvalue weighted by Crippen LogP contribution is 2.32. The molecule has 1 unspecified atom stereocenters. The maximum absolute atomic E-state index is 12.9. The van der Waals surface area contributed by atoms with Crippen molar-refractivity contribution in [3.8, 4) is 0 Å². The van der Waals surface area contributed by atoms with Crippen molar-refractivity contribution < 1.29 is 9.53 Å². The molecule has 1 aromatic heterocycles. The molecule has 2 saturated heterocycles. The number of hydrogen-bond donors (Lipinski definition) is 5. The number of H-pyrrole nitrogens is 1. The number of aromatic nitrogens is 1. The Morgan fingerprint density at radius 3 is 2.47 bits per heavy atom. The SMILES string of the molecule is CCC1(Nc2cc[nH]c(=O)c2C(=N)Nc2ccc(C3CCCCN3)cc2)CCN(C(=O)OC(C)(C)C)CC1. The molecule has 0 spiro atoms. The summed E-state index contributed by atoms with van der Waals surface area (Å²) < 4.78 is 5.54. The lowest BCUT2D eigenvalue weighted by Gasteiger charge is -2.43. The number of carbonyl (C=O) groups is 1. The number of nitrogens with zero attached hydrogens (tertiary/aromatic N) is 1. The van der Waals surface area contributed by atoms with Crippen LogP contribution < -0.4 is 21.5 Å². The van der Waals surface area contributed by atoms with E-state index < -0.39 is 5.60 Å². The number of aromatic amines is 1. The fourth-order valence-corrected chi connectivity index (χ4v) is 5.27. The summed E-state index contributed by atoms with van der Waals surface area (Å²) in [6.45, 7) is 9.87. The molecule has 0 bridgehead atoms. The van der Waals surface area contributed by atoms with Gasteiger partial charge >= 0.3 is 6.09 Å². The molecule has 1 atom stereocenters. The number of piperidine rings is 2. The van der Waals surface area contributed by atoms with Gasteiger partial charge in [0.1, 0.15) is 17.0 Å². The van der Waals surface area contributed by atoms with Crippen LogP contribution in [0.2, 0.25) is 0 Å². The molecule has 4 rings (SSSR count). The van der Waals surface area contributed by atoms with Crippen LogP contribution in [-0.4, -0.2) is 52.6 Å². The molecular formula is C29H42N6O3. The highest BCUT2D eigenvalue weighted by atomic mass is 16.6. The lowest BCUT2D eigenvalue weighted by atomic mass is 9.84. The number of amidine groups is 1. The number of carbonyl (C=O) groups excluding carboxylic acids is 1. The van der Waals surface area contributed by atoms with Crippen LogP contribution >= 0.6 is 0 Å². The summed E-state index contributed by atoms with van der Waals surface area (Å²) in [5.41, 5.74) is 1.73. The molecule has 0 saturated carbocycles. The van der Waals surface area contributed by atoms with Crippen LogP contribution in [0, 0.1) is 5.41 Å². The summed E-state index contributed by atoms with van der Waals surface area (Å²) in [6.07, 6.45) is 7.13. The number of pyridine rings is 1. The molecule has 38 heavy (non-hydrogen) atoms. The summed E-state index contributed by atoms with van der Waals surface area (Å²) in [4.78, 5) is 29.9. The number of ether oxygens (including phenoxy) is 1. The van der Waals surface area contributed by atoms with E-state index in [9.17, 15) is 9.59 Å². The van der Waals surface area contributed by atoms with Crippen LogP contribution in [0.4, 0.5) is 16.2 Å². The minimum absolute atomic E-state index is 0.0373. The van der Waals surface area contributed by atoms with Gasteiger partial charge in [0.2, 0.25) is 0 Å². The predicted octanol–water partition coefficient (Wildman–Crippen LogP) is 5.22. The monoisotopic (exact) mass is 522 g/mol. The Kier molecular flexibility index (Phi) is 8.45. The Morgan fingerprint density at radius 1 is 1.16 bits per heavy atom. The second kappa shape index (κ2) is 11.6. The van der Waals surface area contributed by atoms with E-state index in [1.54, 1.807) is 11.1 Å². The van der Waals surface area contributed by atoms with Crippen LogP contribution in [0.15, 0.2) is 41.3 Å². The van der Waals surface area contributed by atoms with Gasteiger partial charge in [0, 0.05) is 36.6 Å². The average Bonchev–Trinajstić information content (AvgIpc) is 2.89. The van der Waals surface area contributed by atoms with E-state index in [0.29, 0.717) is 37.7 Å². The zero-order valence-corrected chi connectivity index (χ0v) is 23.1. The molecular weight excluding hydrogens is 480 g/mol. The molecule has 2 aromatic rings. The molecule has 3 heterocycles. The van der Waals surface area contributed by atoms with Gasteiger partial charge in [-0.1, -0.05) is 25.5 Å². The smallest absolute Gasteiger partial charge is 0.410 e. The van der Waals surface area contributed by atoms with Crippen LogP contribution in [-0.2, 0) is 4.74 Å². The van der Waals surface area contributed by atoms with Gasteiger partial charge in [0.15, 0.2) is 0 Å². The highest BCUT2D eigenvalue weighted by molar-refractivity contribution is 6.09. The van der Waals surface area contributed by atoms with Crippen molar-refractivity contribution in [2.24, 2.45) is 0 Å². The highest BCUT2D eigenvalue weighted by Gasteiger charge is 2.36. The van der Waals surface area contributed by atoms with E-state index in [1.807, 2.05) is 39.0 Å². The van der Waals surface area contributed by atoms with E-state index in [2.05, 4.69) is 40.0 Å². The molecule has 1 amide bonds. The molecule has 5 N–H and O–H groups in total. The number of anilines is 2. The first-order valence-electron chi connectivity index (χ1n) is 13.8. The van der Waals surface area contributed by atoms with Crippen molar-refractivity contribution in [1.29, 1.82) is 5.41 Å². The van der Waals surface area contributed by atoms with Gasteiger partial charge in [0.25, 0.3) is 5.56 Å².